The van der Waals surface area contributed by atoms with Crippen molar-refractivity contribution in [2.45, 2.75) is 58.7 Å². The lowest BCUT2D eigenvalue weighted by Crippen LogP contribution is -2.51. The molecule has 0 radical (unpaired) electrons. The van der Waals surface area contributed by atoms with Gasteiger partial charge in [-0.15, -0.1) is 0 Å². The number of piperidine rings is 1. The molecule has 0 saturated carbocycles. The van der Waals surface area contributed by atoms with Crippen molar-refractivity contribution in [3.05, 3.63) is 11.4 Å². The zero-order chi connectivity index (χ0) is 11.5. The molecule has 0 aromatic carbocycles. The van der Waals surface area contributed by atoms with Gasteiger partial charge in [-0.2, -0.15) is 0 Å². The summed E-state index contributed by atoms with van der Waals surface area (Å²) in [5.41, 5.74) is 5.19. The Morgan fingerprint density at radius 1 is 1.31 bits per heavy atom. The number of rotatable bonds is 3. The van der Waals surface area contributed by atoms with Gasteiger partial charge in [0.05, 0.1) is 6.54 Å². The first-order valence-corrected chi connectivity index (χ1v) is 5.98. The third kappa shape index (κ3) is 2.41. The van der Waals surface area contributed by atoms with E-state index in [0.29, 0.717) is 18.6 Å². The summed E-state index contributed by atoms with van der Waals surface area (Å²) in [6, 6.07) is 1.17. The average Bonchev–Trinajstić information content (AvgIpc) is 2.64. The largest absolute Gasteiger partial charge is 0.248 e. The minimum Gasteiger partial charge on any atom is -0.248 e. The summed E-state index contributed by atoms with van der Waals surface area (Å²) < 4.78 is 4.68. The Labute approximate surface area is 96.1 Å². The van der Waals surface area contributed by atoms with Crippen molar-refractivity contribution < 1.29 is 4.63 Å². The first-order chi connectivity index (χ1) is 7.68. The summed E-state index contributed by atoms with van der Waals surface area (Å²) in [7, 11) is 0. The third-order valence-corrected chi connectivity index (χ3v) is 3.37. The summed E-state index contributed by atoms with van der Waals surface area (Å²) in [5.74, 6) is 0. The first-order valence-electron chi connectivity index (χ1n) is 5.98. The van der Waals surface area contributed by atoms with Gasteiger partial charge < -0.3 is 0 Å². The molecule has 1 aromatic rings. The van der Waals surface area contributed by atoms with Gasteiger partial charge in [-0.05, 0) is 33.6 Å². The van der Waals surface area contributed by atoms with Crippen molar-refractivity contribution in [2.24, 2.45) is 0 Å². The lowest BCUT2D eigenvalue weighted by atomic mass is 10.00. The number of hydrogen-bond acceptors (Lipinski definition) is 5. The predicted molar refractivity (Wildman–Crippen MR) is 60.5 cm³/mol. The Bertz CT molecular complexity index is 328. The number of hydrogen-bond donors (Lipinski definition) is 1. The average molecular weight is 224 g/mol. The van der Waals surface area contributed by atoms with Crippen molar-refractivity contribution in [2.75, 3.05) is 0 Å². The van der Waals surface area contributed by atoms with Crippen LogP contribution in [0, 0.1) is 6.92 Å². The van der Waals surface area contributed by atoms with E-state index in [1.807, 2.05) is 6.92 Å². The molecule has 1 aromatic heterocycles. The Balaban J connectivity index is 1.91. The van der Waals surface area contributed by atoms with Crippen molar-refractivity contribution >= 4 is 0 Å². The van der Waals surface area contributed by atoms with Crippen molar-refractivity contribution in [3.63, 3.8) is 0 Å². The minimum atomic E-state index is 0.587. The topological polar surface area (TPSA) is 54.2 Å². The molecule has 1 aliphatic rings. The van der Waals surface area contributed by atoms with Crippen LogP contribution < -0.4 is 5.43 Å². The molecule has 2 rings (SSSR count). The summed E-state index contributed by atoms with van der Waals surface area (Å²) in [6.45, 7) is 7.13. The van der Waals surface area contributed by atoms with Crippen LogP contribution in [0.25, 0.3) is 0 Å². The molecular formula is C11H20N4O. The summed E-state index contributed by atoms with van der Waals surface area (Å²) in [4.78, 5) is 0. The maximum atomic E-state index is 4.68. The van der Waals surface area contributed by atoms with E-state index in [2.05, 4.69) is 39.2 Å². The molecule has 0 spiro atoms. The number of nitrogens with one attached hydrogen (secondary N) is 1. The van der Waals surface area contributed by atoms with Gasteiger partial charge >= 0.3 is 0 Å². The second kappa shape index (κ2) is 4.93. The van der Waals surface area contributed by atoms with Crippen molar-refractivity contribution in [1.29, 1.82) is 0 Å². The van der Waals surface area contributed by atoms with Crippen LogP contribution in [0.4, 0.5) is 0 Å². The van der Waals surface area contributed by atoms with E-state index < -0.39 is 0 Å². The predicted octanol–water partition coefficient (Wildman–Crippen LogP) is 1.65. The molecule has 2 heterocycles. The number of nitrogens with zero attached hydrogens (tertiary/aromatic N) is 3. The van der Waals surface area contributed by atoms with Gasteiger partial charge in [-0.3, -0.25) is 0 Å². The zero-order valence-corrected chi connectivity index (χ0v) is 10.2. The van der Waals surface area contributed by atoms with E-state index in [0.717, 1.165) is 11.4 Å². The quantitative estimate of drug-likeness (QED) is 0.846. The van der Waals surface area contributed by atoms with E-state index in [1.54, 1.807) is 0 Å². The SMILES string of the molecule is Cc1nonc1CNN1C(C)CCCC1C. The number of aryl methyl sites for hydroxylation is 1. The zero-order valence-electron chi connectivity index (χ0n) is 10.2. The number of aromatic nitrogens is 2. The third-order valence-electron chi connectivity index (χ3n) is 3.37. The van der Waals surface area contributed by atoms with Crippen molar-refractivity contribution in [1.82, 2.24) is 20.7 Å². The second-order valence-electron chi connectivity index (χ2n) is 4.67. The van der Waals surface area contributed by atoms with Gasteiger partial charge in [-0.1, -0.05) is 16.7 Å². The Morgan fingerprint density at radius 3 is 2.56 bits per heavy atom. The Hall–Kier alpha value is -0.940. The highest BCUT2D eigenvalue weighted by molar-refractivity contribution is 5.03. The molecule has 1 saturated heterocycles. The second-order valence-corrected chi connectivity index (χ2v) is 4.67. The van der Waals surface area contributed by atoms with Crippen LogP contribution >= 0.6 is 0 Å². The fourth-order valence-electron chi connectivity index (χ4n) is 2.31. The van der Waals surface area contributed by atoms with E-state index >= 15 is 0 Å². The number of hydrazine groups is 1. The van der Waals surface area contributed by atoms with E-state index in [1.165, 1.54) is 19.3 Å². The fourth-order valence-corrected chi connectivity index (χ4v) is 2.31. The molecule has 0 bridgehead atoms. The summed E-state index contributed by atoms with van der Waals surface area (Å²) >= 11 is 0. The lowest BCUT2D eigenvalue weighted by molar-refractivity contribution is 0.0427. The molecular weight excluding hydrogens is 204 g/mol. The fraction of sp³-hybridized carbons (Fsp3) is 0.818. The van der Waals surface area contributed by atoms with Gasteiger partial charge in [0.25, 0.3) is 0 Å². The standard InChI is InChI=1S/C11H20N4O/c1-8-5-4-6-9(2)15(8)12-7-11-10(3)13-16-14-11/h8-9,12H,4-7H2,1-3H3. The van der Waals surface area contributed by atoms with Crippen LogP contribution in [0.15, 0.2) is 4.63 Å². The molecule has 1 aliphatic heterocycles. The van der Waals surface area contributed by atoms with E-state index in [-0.39, 0.29) is 0 Å². The highest BCUT2D eigenvalue weighted by Gasteiger charge is 2.24. The minimum absolute atomic E-state index is 0.587. The maximum Gasteiger partial charge on any atom is 0.123 e. The monoisotopic (exact) mass is 224 g/mol. The molecule has 2 atom stereocenters. The molecule has 1 N–H and O–H groups in total. The molecule has 16 heavy (non-hydrogen) atoms. The van der Waals surface area contributed by atoms with Crippen LogP contribution in [0.5, 0.6) is 0 Å². The van der Waals surface area contributed by atoms with Gasteiger partial charge in [0.1, 0.15) is 11.4 Å². The van der Waals surface area contributed by atoms with Crippen molar-refractivity contribution in [3.8, 4) is 0 Å². The Kier molecular flexibility index (Phi) is 3.56. The van der Waals surface area contributed by atoms with E-state index in [4.69, 9.17) is 0 Å². The molecule has 5 nitrogen and oxygen atoms in total. The summed E-state index contributed by atoms with van der Waals surface area (Å²) in [5, 5.41) is 9.98. The van der Waals surface area contributed by atoms with Crippen LogP contribution in [0.2, 0.25) is 0 Å². The smallest absolute Gasteiger partial charge is 0.123 e. The van der Waals surface area contributed by atoms with E-state index in [9.17, 15) is 0 Å². The van der Waals surface area contributed by atoms with Crippen LogP contribution in [-0.4, -0.2) is 27.4 Å². The molecule has 2 unspecified atom stereocenters. The molecule has 0 aliphatic carbocycles. The molecule has 0 amide bonds. The van der Waals surface area contributed by atoms with Crippen LogP contribution in [0.3, 0.4) is 0 Å². The first kappa shape index (κ1) is 11.5. The van der Waals surface area contributed by atoms with Crippen LogP contribution in [0.1, 0.15) is 44.5 Å². The molecule has 90 valence electrons. The highest BCUT2D eigenvalue weighted by atomic mass is 16.6. The van der Waals surface area contributed by atoms with Crippen LogP contribution in [-0.2, 0) is 6.54 Å². The van der Waals surface area contributed by atoms with Gasteiger partial charge in [0.15, 0.2) is 0 Å². The maximum absolute atomic E-state index is 4.68. The highest BCUT2D eigenvalue weighted by Crippen LogP contribution is 2.20. The summed E-state index contributed by atoms with van der Waals surface area (Å²) in [6.07, 6.45) is 3.84. The molecule has 1 fully saturated rings. The van der Waals surface area contributed by atoms with Gasteiger partial charge in [0, 0.05) is 12.1 Å². The van der Waals surface area contributed by atoms with Gasteiger partial charge in [-0.25, -0.2) is 15.1 Å². The molecule has 5 heteroatoms. The normalized spacial score (nSPS) is 27.2. The lowest BCUT2D eigenvalue weighted by Gasteiger charge is -2.38. The van der Waals surface area contributed by atoms with Gasteiger partial charge in [0.2, 0.25) is 0 Å². The Morgan fingerprint density at radius 2 is 2.00 bits per heavy atom.